The zero-order valence-electron chi connectivity index (χ0n) is 17.6. The average molecular weight is 392 g/mol. The summed E-state index contributed by atoms with van der Waals surface area (Å²) in [5.74, 6) is -0.271. The van der Waals surface area contributed by atoms with Gasteiger partial charge in [-0.05, 0) is 46.8 Å². The van der Waals surface area contributed by atoms with Crippen molar-refractivity contribution in [2.45, 2.75) is 83.5 Å². The molecule has 2 atom stereocenters. The minimum atomic E-state index is -0.328. The number of piperidine rings is 1. The molecule has 2 heterocycles. The van der Waals surface area contributed by atoms with Crippen molar-refractivity contribution < 1.29 is 23.8 Å². The summed E-state index contributed by atoms with van der Waals surface area (Å²) in [6.07, 6.45) is 1.58. The van der Waals surface area contributed by atoms with E-state index in [-0.39, 0.29) is 35.5 Å². The largest absolute Gasteiger partial charge is 0.459 e. The molecule has 2 saturated heterocycles. The zero-order valence-corrected chi connectivity index (χ0v) is 17.6. The number of rotatable bonds is 6. The van der Waals surface area contributed by atoms with Crippen LogP contribution >= 0.6 is 0 Å². The SMILES string of the molecule is CCOC1OCCC1ON1C(C)(C)CC(OC(=O)c2ccccc2)CC1(C)C. The summed E-state index contributed by atoms with van der Waals surface area (Å²) in [7, 11) is 0. The molecule has 6 nitrogen and oxygen atoms in total. The molecule has 2 fully saturated rings. The minimum absolute atomic E-state index is 0.123. The number of hydrogen-bond donors (Lipinski definition) is 0. The first kappa shape index (κ1) is 21.2. The second-order valence-corrected chi connectivity index (χ2v) is 8.85. The van der Waals surface area contributed by atoms with Crippen molar-refractivity contribution >= 4 is 5.97 Å². The fraction of sp³-hybridized carbons (Fsp3) is 0.682. The van der Waals surface area contributed by atoms with Crippen LogP contribution in [0.15, 0.2) is 30.3 Å². The molecule has 0 aliphatic carbocycles. The van der Waals surface area contributed by atoms with E-state index in [1.165, 1.54) is 0 Å². The summed E-state index contributed by atoms with van der Waals surface area (Å²) in [4.78, 5) is 18.9. The van der Waals surface area contributed by atoms with Gasteiger partial charge in [0, 0.05) is 36.9 Å². The van der Waals surface area contributed by atoms with Crippen LogP contribution in [0.4, 0.5) is 0 Å². The molecule has 0 aromatic heterocycles. The van der Waals surface area contributed by atoms with E-state index in [9.17, 15) is 4.79 Å². The maximum atomic E-state index is 12.5. The molecule has 6 heteroatoms. The van der Waals surface area contributed by atoms with Gasteiger partial charge in [-0.3, -0.25) is 4.84 Å². The summed E-state index contributed by atoms with van der Waals surface area (Å²) in [5.41, 5.74) is -0.0228. The number of benzene rings is 1. The van der Waals surface area contributed by atoms with Gasteiger partial charge in [-0.15, -0.1) is 0 Å². The topological polar surface area (TPSA) is 57.2 Å². The predicted octanol–water partition coefficient (Wildman–Crippen LogP) is 3.95. The van der Waals surface area contributed by atoms with Gasteiger partial charge in [0.15, 0.2) is 6.29 Å². The van der Waals surface area contributed by atoms with Crippen LogP contribution in [-0.4, -0.2) is 53.8 Å². The molecule has 0 radical (unpaired) electrons. The molecule has 2 aliphatic heterocycles. The Bertz CT molecular complexity index is 642. The molecule has 0 amide bonds. The van der Waals surface area contributed by atoms with Crippen molar-refractivity contribution in [2.24, 2.45) is 0 Å². The zero-order chi connectivity index (χ0) is 20.4. The minimum Gasteiger partial charge on any atom is -0.459 e. The first-order valence-corrected chi connectivity index (χ1v) is 10.2. The highest BCUT2D eigenvalue weighted by atomic mass is 16.8. The number of hydroxylamine groups is 2. The lowest BCUT2D eigenvalue weighted by Gasteiger charge is -2.54. The van der Waals surface area contributed by atoms with Gasteiger partial charge in [-0.1, -0.05) is 18.2 Å². The van der Waals surface area contributed by atoms with Gasteiger partial charge in [-0.2, -0.15) is 5.06 Å². The first-order valence-electron chi connectivity index (χ1n) is 10.2. The van der Waals surface area contributed by atoms with Crippen LogP contribution < -0.4 is 0 Å². The van der Waals surface area contributed by atoms with E-state index < -0.39 is 0 Å². The van der Waals surface area contributed by atoms with Gasteiger partial charge < -0.3 is 14.2 Å². The van der Waals surface area contributed by atoms with Crippen molar-refractivity contribution in [3.05, 3.63) is 35.9 Å². The van der Waals surface area contributed by atoms with Crippen molar-refractivity contribution in [3.63, 3.8) is 0 Å². The highest BCUT2D eigenvalue weighted by Crippen LogP contribution is 2.41. The predicted molar refractivity (Wildman–Crippen MR) is 106 cm³/mol. The number of hydrogen-bond acceptors (Lipinski definition) is 6. The Morgan fingerprint density at radius 1 is 1.14 bits per heavy atom. The molecule has 0 bridgehead atoms. The summed E-state index contributed by atoms with van der Waals surface area (Å²) < 4.78 is 17.2. The number of carbonyl (C=O) groups is 1. The van der Waals surface area contributed by atoms with Gasteiger partial charge in [-0.25, -0.2) is 4.79 Å². The van der Waals surface area contributed by atoms with Gasteiger partial charge in [0.25, 0.3) is 0 Å². The lowest BCUT2D eigenvalue weighted by Crippen LogP contribution is -2.63. The highest BCUT2D eigenvalue weighted by molar-refractivity contribution is 5.89. The fourth-order valence-electron chi connectivity index (χ4n) is 4.44. The van der Waals surface area contributed by atoms with E-state index >= 15 is 0 Å². The standard InChI is InChI=1S/C22H33NO5/c1-6-25-20-18(12-13-26-20)28-23-21(2,3)14-17(15-22(23,4)5)27-19(24)16-10-8-7-9-11-16/h7-11,17-18,20H,6,12-15H2,1-5H3. The van der Waals surface area contributed by atoms with Crippen LogP contribution in [0.3, 0.4) is 0 Å². The normalized spacial score (nSPS) is 27.6. The van der Waals surface area contributed by atoms with Gasteiger partial charge in [0.1, 0.15) is 12.2 Å². The van der Waals surface area contributed by atoms with Crippen molar-refractivity contribution in [3.8, 4) is 0 Å². The second-order valence-electron chi connectivity index (χ2n) is 8.85. The molecular formula is C22H33NO5. The number of ether oxygens (including phenoxy) is 3. The third-order valence-electron chi connectivity index (χ3n) is 5.40. The Kier molecular flexibility index (Phi) is 6.44. The molecule has 2 unspecified atom stereocenters. The summed E-state index contributed by atoms with van der Waals surface area (Å²) in [6.45, 7) is 11.7. The van der Waals surface area contributed by atoms with E-state index in [0.717, 1.165) is 6.42 Å². The molecule has 0 spiro atoms. The molecule has 1 aromatic carbocycles. The van der Waals surface area contributed by atoms with Crippen molar-refractivity contribution in [1.29, 1.82) is 0 Å². The monoisotopic (exact) mass is 391 g/mol. The average Bonchev–Trinajstić information content (AvgIpc) is 3.05. The maximum Gasteiger partial charge on any atom is 0.338 e. The van der Waals surface area contributed by atoms with E-state index in [1.807, 2.05) is 25.1 Å². The van der Waals surface area contributed by atoms with Crippen LogP contribution in [0.2, 0.25) is 0 Å². The van der Waals surface area contributed by atoms with Crippen LogP contribution in [-0.2, 0) is 19.0 Å². The molecule has 3 rings (SSSR count). The quantitative estimate of drug-likeness (QED) is 0.685. The van der Waals surface area contributed by atoms with Crippen molar-refractivity contribution in [1.82, 2.24) is 5.06 Å². The number of nitrogens with zero attached hydrogens (tertiary/aromatic N) is 1. The maximum absolute atomic E-state index is 12.5. The molecule has 1 aromatic rings. The summed E-state index contributed by atoms with van der Waals surface area (Å²) in [6, 6.07) is 9.15. The van der Waals surface area contributed by atoms with Crippen LogP contribution in [0.5, 0.6) is 0 Å². The Labute approximate surface area is 168 Å². The Morgan fingerprint density at radius 3 is 2.39 bits per heavy atom. The smallest absolute Gasteiger partial charge is 0.338 e. The van der Waals surface area contributed by atoms with Crippen LogP contribution in [0, 0.1) is 0 Å². The third-order valence-corrected chi connectivity index (χ3v) is 5.40. The Balaban J connectivity index is 1.68. The third kappa shape index (κ3) is 4.74. The molecule has 2 aliphatic rings. The van der Waals surface area contributed by atoms with E-state index in [2.05, 4.69) is 32.8 Å². The Hall–Kier alpha value is -1.47. The lowest BCUT2D eigenvalue weighted by molar-refractivity contribution is -0.333. The first-order chi connectivity index (χ1) is 13.2. The van der Waals surface area contributed by atoms with Crippen LogP contribution in [0.1, 0.15) is 64.2 Å². The van der Waals surface area contributed by atoms with E-state index in [1.54, 1.807) is 12.1 Å². The number of esters is 1. The molecule has 0 N–H and O–H groups in total. The number of carbonyl (C=O) groups excluding carboxylic acids is 1. The van der Waals surface area contributed by atoms with E-state index in [0.29, 0.717) is 31.6 Å². The fourth-order valence-corrected chi connectivity index (χ4v) is 4.44. The molecule has 0 saturated carbocycles. The van der Waals surface area contributed by atoms with Crippen molar-refractivity contribution in [2.75, 3.05) is 13.2 Å². The molecule has 28 heavy (non-hydrogen) atoms. The highest BCUT2D eigenvalue weighted by Gasteiger charge is 2.49. The van der Waals surface area contributed by atoms with Gasteiger partial charge in [0.2, 0.25) is 0 Å². The second kappa shape index (κ2) is 8.49. The Morgan fingerprint density at radius 2 is 1.79 bits per heavy atom. The van der Waals surface area contributed by atoms with Crippen LogP contribution in [0.25, 0.3) is 0 Å². The van der Waals surface area contributed by atoms with Gasteiger partial charge in [0.05, 0.1) is 12.2 Å². The molecular weight excluding hydrogens is 358 g/mol. The summed E-state index contributed by atoms with van der Waals surface area (Å²) in [5, 5.41) is 2.07. The van der Waals surface area contributed by atoms with Gasteiger partial charge >= 0.3 is 5.97 Å². The molecule has 156 valence electrons. The summed E-state index contributed by atoms with van der Waals surface area (Å²) >= 11 is 0. The van der Waals surface area contributed by atoms with E-state index in [4.69, 9.17) is 19.0 Å². The lowest BCUT2D eigenvalue weighted by atomic mass is 9.80.